The molecule has 1 heterocycles. The van der Waals surface area contributed by atoms with Crippen LogP contribution in [0.1, 0.15) is 51.7 Å². The van der Waals surface area contributed by atoms with E-state index in [-0.39, 0.29) is 12.5 Å². The quantitative estimate of drug-likeness (QED) is 0.0804. The van der Waals surface area contributed by atoms with Gasteiger partial charge in [-0.1, -0.05) is 62.4 Å². The molecule has 0 saturated carbocycles. The molecule has 0 N–H and O–H groups in total. The van der Waals surface area contributed by atoms with Crippen molar-refractivity contribution in [3.8, 4) is 5.75 Å². The van der Waals surface area contributed by atoms with Crippen molar-refractivity contribution in [1.82, 2.24) is 0 Å². The van der Waals surface area contributed by atoms with Crippen molar-refractivity contribution in [2.45, 2.75) is 90.2 Å². The van der Waals surface area contributed by atoms with Gasteiger partial charge in [-0.3, -0.25) is 4.79 Å². The highest BCUT2D eigenvalue weighted by Gasteiger charge is 2.59. The molecule has 2 aromatic carbocycles. The van der Waals surface area contributed by atoms with Gasteiger partial charge in [0.15, 0.2) is 12.4 Å². The Hall–Kier alpha value is -3.58. The molecular formula is C38H52O11. The number of carbonyl (C=O) groups is 2. The molecular weight excluding hydrogens is 632 g/mol. The molecule has 1 aliphatic rings. The van der Waals surface area contributed by atoms with E-state index < -0.39 is 47.7 Å². The van der Waals surface area contributed by atoms with Crippen LogP contribution in [0.2, 0.25) is 0 Å². The van der Waals surface area contributed by atoms with Crippen LogP contribution in [0.3, 0.4) is 0 Å². The molecule has 0 amide bonds. The van der Waals surface area contributed by atoms with Gasteiger partial charge in [-0.25, -0.2) is 4.79 Å². The summed E-state index contributed by atoms with van der Waals surface area (Å²) in [6.07, 6.45) is 2.32. The van der Waals surface area contributed by atoms with Crippen LogP contribution in [-0.2, 0) is 60.7 Å². The highest BCUT2D eigenvalue weighted by molar-refractivity contribution is 5.83. The largest absolute Gasteiger partial charge is 0.497 e. The molecule has 5 atom stereocenters. The van der Waals surface area contributed by atoms with Crippen molar-refractivity contribution in [3.63, 3.8) is 0 Å². The number of esters is 2. The molecule has 1 fully saturated rings. The summed E-state index contributed by atoms with van der Waals surface area (Å²) in [4.78, 5) is 25.2. The Labute approximate surface area is 290 Å². The highest BCUT2D eigenvalue weighted by atomic mass is 16.7. The molecule has 1 saturated heterocycles. The maximum Gasteiger partial charge on any atom is 0.330 e. The van der Waals surface area contributed by atoms with Gasteiger partial charge in [-0.05, 0) is 48.3 Å². The monoisotopic (exact) mass is 684 g/mol. The number of hydrogen-bond acceptors (Lipinski definition) is 11. The van der Waals surface area contributed by atoms with E-state index in [1.54, 1.807) is 13.2 Å². The second-order valence-corrected chi connectivity index (χ2v) is 12.4. The first-order valence-corrected chi connectivity index (χ1v) is 16.2. The third kappa shape index (κ3) is 11.0. The second-order valence-electron chi connectivity index (χ2n) is 12.4. The first-order valence-electron chi connectivity index (χ1n) is 16.2. The molecule has 49 heavy (non-hydrogen) atoms. The maximum atomic E-state index is 12.7. The Morgan fingerprint density at radius 1 is 0.939 bits per heavy atom. The van der Waals surface area contributed by atoms with Crippen LogP contribution in [0.25, 0.3) is 0 Å². The normalized spacial score (nSPS) is 21.9. The third-order valence-corrected chi connectivity index (χ3v) is 8.61. The zero-order chi connectivity index (χ0) is 36.0. The van der Waals surface area contributed by atoms with Gasteiger partial charge in [0, 0.05) is 46.2 Å². The summed E-state index contributed by atoms with van der Waals surface area (Å²) in [6.45, 7) is 7.72. The van der Waals surface area contributed by atoms with Crippen LogP contribution >= 0.6 is 0 Å². The molecule has 3 rings (SSSR count). The van der Waals surface area contributed by atoms with Gasteiger partial charge < -0.3 is 42.6 Å². The lowest BCUT2D eigenvalue weighted by atomic mass is 9.74. The lowest BCUT2D eigenvalue weighted by Gasteiger charge is -2.53. The molecule has 0 radical (unpaired) electrons. The van der Waals surface area contributed by atoms with E-state index in [1.807, 2.05) is 81.4 Å². The SMILES string of the molecule is COC(=O)C=C1C[C@@H](C[C@@H](OCc2ccc(OC)cc2)[C@@H](C)OCc2ccccc2)O[C@@](OC)(C(C)(C)C=CC(OC)OC)[C@H]1OC(C)=O. The van der Waals surface area contributed by atoms with Crippen molar-refractivity contribution in [2.24, 2.45) is 5.41 Å². The van der Waals surface area contributed by atoms with Crippen LogP contribution < -0.4 is 4.74 Å². The summed E-state index contributed by atoms with van der Waals surface area (Å²) in [5, 5.41) is 0. The summed E-state index contributed by atoms with van der Waals surface area (Å²) in [5.41, 5.74) is 1.49. The molecule has 0 aromatic heterocycles. The number of rotatable bonds is 18. The maximum absolute atomic E-state index is 12.7. The predicted octanol–water partition coefficient (Wildman–Crippen LogP) is 5.94. The van der Waals surface area contributed by atoms with E-state index in [1.165, 1.54) is 41.4 Å². The molecule has 11 nitrogen and oxygen atoms in total. The molecule has 0 spiro atoms. The first-order chi connectivity index (χ1) is 23.4. The standard InChI is InChI=1S/C38H52O11/c1-26(46-24-28-13-11-10-12-14-28)33(47-25-29-15-17-31(41-5)18-16-29)23-32-21-30(22-34(40)42-6)36(48-27(2)39)38(45-9,49-32)37(3,4)20-19-35(43-7)44-8/h10-20,22,26,32-33,35-36H,21,23-25H2,1-9H3/t26-,32+,33-,36+,38-/m1/s1. The Morgan fingerprint density at radius 3 is 2.14 bits per heavy atom. The summed E-state index contributed by atoms with van der Waals surface area (Å²) in [5.74, 6) is -2.02. The Kier molecular flexibility index (Phi) is 15.4. The molecule has 270 valence electrons. The van der Waals surface area contributed by atoms with Gasteiger partial charge >= 0.3 is 11.9 Å². The fraction of sp³-hybridized carbons (Fsp3) is 0.526. The van der Waals surface area contributed by atoms with Gasteiger partial charge in [-0.15, -0.1) is 0 Å². The lowest BCUT2D eigenvalue weighted by molar-refractivity contribution is -0.339. The zero-order valence-corrected chi connectivity index (χ0v) is 30.1. The lowest BCUT2D eigenvalue weighted by Crippen LogP contribution is -2.63. The van der Waals surface area contributed by atoms with E-state index in [9.17, 15) is 9.59 Å². The van der Waals surface area contributed by atoms with Crippen molar-refractivity contribution >= 4 is 11.9 Å². The van der Waals surface area contributed by atoms with Crippen molar-refractivity contribution < 1.29 is 52.2 Å². The highest BCUT2D eigenvalue weighted by Crippen LogP contribution is 2.49. The van der Waals surface area contributed by atoms with Gasteiger partial charge in [0.2, 0.25) is 5.79 Å². The fourth-order valence-electron chi connectivity index (χ4n) is 5.85. The van der Waals surface area contributed by atoms with E-state index in [2.05, 4.69) is 0 Å². The molecule has 1 aliphatic heterocycles. The molecule has 0 bridgehead atoms. The molecule has 2 aromatic rings. The number of carbonyl (C=O) groups excluding carboxylic acids is 2. The topological polar surface area (TPSA) is 117 Å². The second kappa shape index (κ2) is 19.0. The summed E-state index contributed by atoms with van der Waals surface area (Å²) < 4.78 is 53.0. The smallest absolute Gasteiger partial charge is 0.330 e. The zero-order valence-electron chi connectivity index (χ0n) is 30.1. The van der Waals surface area contributed by atoms with E-state index in [0.29, 0.717) is 25.2 Å². The van der Waals surface area contributed by atoms with Crippen LogP contribution in [0.15, 0.2) is 78.4 Å². The number of methoxy groups -OCH3 is 5. The Bertz CT molecular complexity index is 1370. The minimum Gasteiger partial charge on any atom is -0.497 e. The number of hydrogen-bond donors (Lipinski definition) is 0. The van der Waals surface area contributed by atoms with Crippen LogP contribution in [0.5, 0.6) is 5.75 Å². The molecule has 0 aliphatic carbocycles. The van der Waals surface area contributed by atoms with Crippen LogP contribution in [0.4, 0.5) is 0 Å². The number of benzene rings is 2. The summed E-state index contributed by atoms with van der Waals surface area (Å²) >= 11 is 0. The van der Waals surface area contributed by atoms with Crippen molar-refractivity contribution in [1.29, 1.82) is 0 Å². The third-order valence-electron chi connectivity index (χ3n) is 8.61. The number of ether oxygens (including phenoxy) is 9. The first kappa shape index (κ1) is 39.9. The Balaban J connectivity index is 2.03. The Morgan fingerprint density at radius 2 is 1.57 bits per heavy atom. The van der Waals surface area contributed by atoms with Crippen molar-refractivity contribution in [3.05, 3.63) is 89.5 Å². The van der Waals surface area contributed by atoms with Gasteiger partial charge in [-0.2, -0.15) is 0 Å². The average molecular weight is 685 g/mol. The van der Waals surface area contributed by atoms with Crippen LogP contribution in [-0.4, -0.2) is 84.0 Å². The molecule has 11 heteroatoms. The van der Waals surface area contributed by atoms with Gasteiger partial charge in [0.05, 0.1) is 45.7 Å². The van der Waals surface area contributed by atoms with Crippen molar-refractivity contribution in [2.75, 3.05) is 35.5 Å². The predicted molar refractivity (Wildman–Crippen MR) is 182 cm³/mol. The minimum absolute atomic E-state index is 0.227. The van der Waals surface area contributed by atoms with E-state index in [4.69, 9.17) is 42.6 Å². The summed E-state index contributed by atoms with van der Waals surface area (Å²) in [7, 11) is 7.44. The molecule has 0 unspecified atom stereocenters. The van der Waals surface area contributed by atoms with Gasteiger partial charge in [0.25, 0.3) is 0 Å². The fourth-order valence-corrected chi connectivity index (χ4v) is 5.85. The minimum atomic E-state index is -1.60. The van der Waals surface area contributed by atoms with E-state index in [0.717, 1.165) is 16.9 Å². The van der Waals surface area contributed by atoms with E-state index >= 15 is 0 Å². The van der Waals surface area contributed by atoms with Crippen LogP contribution in [0, 0.1) is 5.41 Å². The average Bonchev–Trinajstić information content (AvgIpc) is 3.10. The summed E-state index contributed by atoms with van der Waals surface area (Å²) in [6, 6.07) is 17.6. The van der Waals surface area contributed by atoms with Gasteiger partial charge in [0.1, 0.15) is 5.75 Å².